The highest BCUT2D eigenvalue weighted by molar-refractivity contribution is 5.93. The van der Waals surface area contributed by atoms with E-state index in [0.29, 0.717) is 6.42 Å². The summed E-state index contributed by atoms with van der Waals surface area (Å²) in [4.78, 5) is 10.6. The van der Waals surface area contributed by atoms with Crippen LogP contribution in [0.1, 0.15) is 19.8 Å². The third-order valence-electron chi connectivity index (χ3n) is 1.17. The second-order valence-corrected chi connectivity index (χ2v) is 2.09. The van der Waals surface area contributed by atoms with E-state index in [1.165, 1.54) is 0 Å². The van der Waals surface area contributed by atoms with Crippen molar-refractivity contribution in [3.63, 3.8) is 0 Å². The number of hydrogen-bond acceptors (Lipinski definition) is 2. The predicted molar refractivity (Wildman–Crippen MR) is 41.3 cm³/mol. The molecule has 1 N–H and O–H groups in total. The molecule has 0 rings (SSSR count). The highest BCUT2D eigenvalue weighted by atomic mass is 16.1. The second-order valence-electron chi connectivity index (χ2n) is 2.09. The van der Waals surface area contributed by atoms with Crippen LogP contribution >= 0.6 is 0 Å². The molecule has 0 heterocycles. The van der Waals surface area contributed by atoms with Gasteiger partial charge in [-0.1, -0.05) is 13.3 Å². The van der Waals surface area contributed by atoms with Gasteiger partial charge >= 0.3 is 0 Å². The fraction of sp³-hybridized carbons (Fsp3) is 0.500. The highest BCUT2D eigenvalue weighted by Gasteiger charge is 2.06. The van der Waals surface area contributed by atoms with E-state index in [-0.39, 0.29) is 0 Å². The summed E-state index contributed by atoms with van der Waals surface area (Å²) in [5.41, 5.74) is 0. The third kappa shape index (κ3) is 4.00. The number of nitrogens with one attached hydrogen (secondary N) is 1. The van der Waals surface area contributed by atoms with Crippen LogP contribution in [0, 0.1) is 23.7 Å². The topological polar surface area (TPSA) is 52.9 Å². The van der Waals surface area contributed by atoms with Gasteiger partial charge in [0.1, 0.15) is 6.04 Å². The van der Waals surface area contributed by atoms with Crippen LogP contribution in [0.4, 0.5) is 0 Å². The maximum atomic E-state index is 10.6. The molecule has 1 amide bonds. The summed E-state index contributed by atoms with van der Waals surface area (Å²) in [6.07, 6.45) is 6.29. The summed E-state index contributed by atoms with van der Waals surface area (Å²) in [6, 6.07) is 1.50. The molecule has 1 atom stereocenters. The van der Waals surface area contributed by atoms with Gasteiger partial charge in [0.25, 0.3) is 5.91 Å². The summed E-state index contributed by atoms with van der Waals surface area (Å²) in [5.74, 6) is 1.36. The summed E-state index contributed by atoms with van der Waals surface area (Å²) < 4.78 is 0. The van der Waals surface area contributed by atoms with Gasteiger partial charge in [-0.05, 0) is 12.3 Å². The molecule has 58 valence electrons. The number of carbonyl (C=O) groups excluding carboxylic acids is 1. The molecule has 11 heavy (non-hydrogen) atoms. The van der Waals surface area contributed by atoms with E-state index in [9.17, 15) is 4.79 Å². The first kappa shape index (κ1) is 9.52. The maximum absolute atomic E-state index is 10.6. The number of nitriles is 1. The minimum absolute atomic E-state index is 0.441. The normalized spacial score (nSPS) is 10.8. The van der Waals surface area contributed by atoms with Crippen molar-refractivity contribution in [1.29, 1.82) is 5.26 Å². The van der Waals surface area contributed by atoms with E-state index >= 15 is 0 Å². The zero-order valence-corrected chi connectivity index (χ0v) is 6.42. The molecule has 0 aromatic carbocycles. The Balaban J connectivity index is 3.82. The number of amides is 1. The standard InChI is InChI=1S/C8H10N2O/c1-3-5-7(6-9)10-8(11)4-2/h2,7H,3,5H2,1H3,(H,10,11). The molecule has 0 aromatic heterocycles. The zero-order valence-electron chi connectivity index (χ0n) is 6.42. The lowest BCUT2D eigenvalue weighted by atomic mass is 10.2. The Bertz CT molecular complexity index is 209. The van der Waals surface area contributed by atoms with Gasteiger partial charge in [0.05, 0.1) is 6.07 Å². The molecule has 1 unspecified atom stereocenters. The van der Waals surface area contributed by atoms with Crippen molar-refractivity contribution in [2.45, 2.75) is 25.8 Å². The smallest absolute Gasteiger partial charge is 0.296 e. The summed E-state index contributed by atoms with van der Waals surface area (Å²) in [6.45, 7) is 1.94. The minimum atomic E-state index is -0.523. The van der Waals surface area contributed by atoms with Crippen molar-refractivity contribution in [2.24, 2.45) is 0 Å². The van der Waals surface area contributed by atoms with E-state index in [1.54, 1.807) is 0 Å². The van der Waals surface area contributed by atoms with Crippen molar-refractivity contribution in [1.82, 2.24) is 5.32 Å². The molecule has 0 saturated heterocycles. The maximum Gasteiger partial charge on any atom is 0.296 e. The second kappa shape index (κ2) is 5.32. The lowest BCUT2D eigenvalue weighted by molar-refractivity contribution is -0.116. The Hall–Kier alpha value is -1.48. The van der Waals surface area contributed by atoms with Crippen molar-refractivity contribution >= 4 is 5.91 Å². The van der Waals surface area contributed by atoms with Crippen molar-refractivity contribution in [3.8, 4) is 18.4 Å². The van der Waals surface area contributed by atoms with Gasteiger partial charge in [-0.3, -0.25) is 4.79 Å². The molecule has 0 saturated carbocycles. The molecule has 3 nitrogen and oxygen atoms in total. The van der Waals surface area contributed by atoms with Crippen molar-refractivity contribution in [2.75, 3.05) is 0 Å². The summed E-state index contributed by atoms with van der Waals surface area (Å²) in [5, 5.41) is 10.8. The van der Waals surface area contributed by atoms with Crippen LogP contribution in [0.25, 0.3) is 0 Å². The van der Waals surface area contributed by atoms with Crippen molar-refractivity contribution in [3.05, 3.63) is 0 Å². The van der Waals surface area contributed by atoms with Crippen LogP contribution < -0.4 is 5.32 Å². The van der Waals surface area contributed by atoms with E-state index < -0.39 is 11.9 Å². The Kier molecular flexibility index (Phi) is 4.60. The molecule has 0 spiro atoms. The fourth-order valence-electron chi connectivity index (χ4n) is 0.658. The molecular formula is C8H10N2O. The summed E-state index contributed by atoms with van der Waals surface area (Å²) >= 11 is 0. The Morgan fingerprint density at radius 1 is 1.82 bits per heavy atom. The molecule has 0 aliphatic rings. The fourth-order valence-corrected chi connectivity index (χ4v) is 0.658. The molecule has 0 aromatic rings. The van der Waals surface area contributed by atoms with Gasteiger partial charge in [-0.15, -0.1) is 6.42 Å². The molecule has 0 fully saturated rings. The first-order valence-corrected chi connectivity index (χ1v) is 3.41. The van der Waals surface area contributed by atoms with E-state index in [2.05, 4.69) is 5.32 Å². The molecule has 0 aliphatic carbocycles. The van der Waals surface area contributed by atoms with Gasteiger partial charge in [0, 0.05) is 0 Å². The van der Waals surface area contributed by atoms with Gasteiger partial charge in [0.2, 0.25) is 0 Å². The van der Waals surface area contributed by atoms with Gasteiger partial charge in [-0.25, -0.2) is 0 Å². The SMILES string of the molecule is C#CC(=O)NC(C#N)CCC. The Morgan fingerprint density at radius 3 is 2.82 bits per heavy atom. The van der Waals surface area contributed by atoms with E-state index in [0.717, 1.165) is 6.42 Å². The molecule has 0 bridgehead atoms. The lowest BCUT2D eigenvalue weighted by Crippen LogP contribution is -2.32. The van der Waals surface area contributed by atoms with Crippen molar-refractivity contribution < 1.29 is 4.79 Å². The van der Waals surface area contributed by atoms with Crippen LogP contribution in [0.2, 0.25) is 0 Å². The first-order valence-electron chi connectivity index (χ1n) is 3.41. The van der Waals surface area contributed by atoms with Gasteiger partial charge in [-0.2, -0.15) is 5.26 Å². The average molecular weight is 150 g/mol. The lowest BCUT2D eigenvalue weighted by Gasteiger charge is -2.05. The highest BCUT2D eigenvalue weighted by Crippen LogP contribution is 1.93. The molecular weight excluding hydrogens is 140 g/mol. The summed E-state index contributed by atoms with van der Waals surface area (Å²) in [7, 11) is 0. The third-order valence-corrected chi connectivity index (χ3v) is 1.17. The quantitative estimate of drug-likeness (QED) is 0.593. The number of hydrogen-bond donors (Lipinski definition) is 1. The average Bonchev–Trinajstić information content (AvgIpc) is 2.03. The van der Waals surface area contributed by atoms with Gasteiger partial charge < -0.3 is 5.32 Å². The zero-order chi connectivity index (χ0) is 8.69. The van der Waals surface area contributed by atoms with Crippen LogP contribution in [-0.4, -0.2) is 11.9 Å². The number of nitrogens with zero attached hydrogens (tertiary/aromatic N) is 1. The Labute approximate surface area is 66.4 Å². The van der Waals surface area contributed by atoms with Crippen LogP contribution in [0.3, 0.4) is 0 Å². The number of rotatable bonds is 3. The number of terminal acetylenes is 1. The molecule has 3 heteroatoms. The van der Waals surface area contributed by atoms with Crippen LogP contribution in [-0.2, 0) is 4.79 Å². The molecule has 0 aliphatic heterocycles. The largest absolute Gasteiger partial charge is 0.329 e. The van der Waals surface area contributed by atoms with Crippen LogP contribution in [0.5, 0.6) is 0 Å². The first-order chi connectivity index (χ1) is 5.24. The monoisotopic (exact) mass is 150 g/mol. The van der Waals surface area contributed by atoms with E-state index in [1.807, 2.05) is 18.9 Å². The van der Waals surface area contributed by atoms with Crippen LogP contribution in [0.15, 0.2) is 0 Å². The molecule has 0 radical (unpaired) electrons. The van der Waals surface area contributed by atoms with E-state index in [4.69, 9.17) is 11.7 Å². The number of carbonyl (C=O) groups is 1. The predicted octanol–water partition coefficient (Wildman–Crippen LogP) is 0.428. The minimum Gasteiger partial charge on any atom is -0.329 e. The Morgan fingerprint density at radius 2 is 2.45 bits per heavy atom. The van der Waals surface area contributed by atoms with Gasteiger partial charge in [0.15, 0.2) is 0 Å².